The van der Waals surface area contributed by atoms with E-state index >= 15 is 0 Å². The second-order valence-electron chi connectivity index (χ2n) is 3.61. The molecule has 0 aliphatic rings. The lowest BCUT2D eigenvalue weighted by Crippen LogP contribution is -2.03. The molecule has 6 heteroatoms. The van der Waals surface area contributed by atoms with Gasteiger partial charge in [0.1, 0.15) is 0 Å². The molecule has 1 aromatic heterocycles. The van der Waals surface area contributed by atoms with E-state index in [2.05, 4.69) is 15.5 Å². The van der Waals surface area contributed by atoms with Crippen LogP contribution in [0.25, 0.3) is 11.3 Å². The van der Waals surface area contributed by atoms with Gasteiger partial charge in [-0.3, -0.25) is 4.79 Å². The highest BCUT2D eigenvalue weighted by atomic mass is 35.5. The largest absolute Gasteiger partial charge is 0.326 e. The Bertz CT molecular complexity index is 585. The highest BCUT2D eigenvalue weighted by molar-refractivity contribution is 6.32. The SMILES string of the molecule is Cc1c(-c2ccc(Cl)cc2)nnc(Cl)c1NC=O. The molecule has 1 aromatic carbocycles. The number of amides is 1. The van der Waals surface area contributed by atoms with Gasteiger partial charge in [-0.2, -0.15) is 0 Å². The number of nitrogens with one attached hydrogen (secondary N) is 1. The standard InChI is InChI=1S/C12H9Cl2N3O/c1-7-10(8-2-4-9(13)5-3-8)16-17-12(14)11(7)15-6-18/h2-6H,1H3,(H,15,16,18). The maximum Gasteiger partial charge on any atom is 0.211 e. The Kier molecular flexibility index (Phi) is 3.79. The van der Waals surface area contributed by atoms with Gasteiger partial charge < -0.3 is 5.32 Å². The maximum absolute atomic E-state index is 10.5. The minimum Gasteiger partial charge on any atom is -0.326 e. The summed E-state index contributed by atoms with van der Waals surface area (Å²) in [5.41, 5.74) is 2.73. The normalized spacial score (nSPS) is 10.2. The summed E-state index contributed by atoms with van der Waals surface area (Å²) in [6.07, 6.45) is 0.557. The summed E-state index contributed by atoms with van der Waals surface area (Å²) in [5.74, 6) is 0. The van der Waals surface area contributed by atoms with E-state index in [-0.39, 0.29) is 5.15 Å². The van der Waals surface area contributed by atoms with E-state index < -0.39 is 0 Å². The van der Waals surface area contributed by atoms with Crippen LogP contribution >= 0.6 is 23.2 Å². The van der Waals surface area contributed by atoms with Crippen LogP contribution in [0.3, 0.4) is 0 Å². The molecule has 0 aliphatic carbocycles. The summed E-state index contributed by atoms with van der Waals surface area (Å²) in [7, 11) is 0. The second kappa shape index (κ2) is 5.33. The van der Waals surface area contributed by atoms with E-state index in [0.717, 1.165) is 11.1 Å². The van der Waals surface area contributed by atoms with Crippen LogP contribution in [0, 0.1) is 6.92 Å². The van der Waals surface area contributed by atoms with Crippen molar-refractivity contribution in [3.63, 3.8) is 0 Å². The van der Waals surface area contributed by atoms with Gasteiger partial charge in [0.2, 0.25) is 6.41 Å². The number of carbonyl (C=O) groups excluding carboxylic acids is 1. The summed E-state index contributed by atoms with van der Waals surface area (Å²) < 4.78 is 0. The van der Waals surface area contributed by atoms with E-state index in [1.807, 2.05) is 19.1 Å². The van der Waals surface area contributed by atoms with Crippen LogP contribution in [0.5, 0.6) is 0 Å². The number of hydrogen-bond acceptors (Lipinski definition) is 3. The molecule has 0 spiro atoms. The first-order chi connectivity index (χ1) is 8.63. The lowest BCUT2D eigenvalue weighted by Gasteiger charge is -2.10. The predicted molar refractivity (Wildman–Crippen MR) is 71.9 cm³/mol. The molecule has 1 amide bonds. The molecule has 18 heavy (non-hydrogen) atoms. The van der Waals surface area contributed by atoms with Crippen LogP contribution in [0.2, 0.25) is 10.2 Å². The van der Waals surface area contributed by atoms with Crippen LogP contribution < -0.4 is 5.32 Å². The lowest BCUT2D eigenvalue weighted by molar-refractivity contribution is -0.105. The Morgan fingerprint density at radius 2 is 1.83 bits per heavy atom. The molecule has 0 atom stereocenters. The third-order valence-electron chi connectivity index (χ3n) is 2.50. The summed E-state index contributed by atoms with van der Waals surface area (Å²) in [5, 5.41) is 11.2. The molecule has 1 N–H and O–H groups in total. The predicted octanol–water partition coefficient (Wildman–Crippen LogP) is 3.33. The molecule has 2 rings (SSSR count). The Morgan fingerprint density at radius 3 is 2.44 bits per heavy atom. The Labute approximate surface area is 114 Å². The van der Waals surface area contributed by atoms with E-state index in [4.69, 9.17) is 23.2 Å². The third-order valence-corrected chi connectivity index (χ3v) is 3.01. The van der Waals surface area contributed by atoms with Crippen molar-refractivity contribution < 1.29 is 4.79 Å². The fourth-order valence-corrected chi connectivity index (χ4v) is 1.96. The van der Waals surface area contributed by atoms with Gasteiger partial charge in [0, 0.05) is 16.1 Å². The first-order valence-corrected chi connectivity index (χ1v) is 5.88. The van der Waals surface area contributed by atoms with Gasteiger partial charge in [0.25, 0.3) is 0 Å². The molecule has 92 valence electrons. The van der Waals surface area contributed by atoms with Crippen molar-refractivity contribution in [2.24, 2.45) is 0 Å². The van der Waals surface area contributed by atoms with Crippen LogP contribution in [-0.4, -0.2) is 16.6 Å². The highest BCUT2D eigenvalue weighted by Gasteiger charge is 2.12. The minimum atomic E-state index is 0.164. The molecule has 0 aliphatic heterocycles. The van der Waals surface area contributed by atoms with Crippen LogP contribution in [0.15, 0.2) is 24.3 Å². The van der Waals surface area contributed by atoms with E-state index in [1.54, 1.807) is 12.1 Å². The van der Waals surface area contributed by atoms with Crippen molar-refractivity contribution in [3.8, 4) is 11.3 Å². The minimum absolute atomic E-state index is 0.164. The van der Waals surface area contributed by atoms with Gasteiger partial charge in [-0.05, 0) is 19.1 Å². The molecule has 2 aromatic rings. The van der Waals surface area contributed by atoms with E-state index in [9.17, 15) is 4.79 Å². The number of halogens is 2. The fourth-order valence-electron chi connectivity index (χ4n) is 1.60. The first-order valence-electron chi connectivity index (χ1n) is 5.12. The Hall–Kier alpha value is -1.65. The van der Waals surface area contributed by atoms with Crippen molar-refractivity contribution in [1.29, 1.82) is 0 Å². The Balaban J connectivity index is 2.55. The number of benzene rings is 1. The molecule has 0 saturated heterocycles. The first kappa shape index (κ1) is 12.8. The Morgan fingerprint density at radius 1 is 1.17 bits per heavy atom. The fraction of sp³-hybridized carbons (Fsp3) is 0.0833. The molecule has 0 fully saturated rings. The molecule has 0 bridgehead atoms. The molecular formula is C12H9Cl2N3O. The second-order valence-corrected chi connectivity index (χ2v) is 4.40. The number of carbonyl (C=O) groups is 1. The smallest absolute Gasteiger partial charge is 0.211 e. The number of nitrogens with zero attached hydrogens (tertiary/aromatic N) is 2. The van der Waals surface area contributed by atoms with Crippen molar-refractivity contribution in [3.05, 3.63) is 40.0 Å². The zero-order valence-electron chi connectivity index (χ0n) is 9.45. The number of hydrogen-bond donors (Lipinski definition) is 1. The average Bonchev–Trinajstić information content (AvgIpc) is 2.36. The maximum atomic E-state index is 10.5. The van der Waals surface area contributed by atoms with Crippen LogP contribution in [0.1, 0.15) is 5.56 Å². The summed E-state index contributed by atoms with van der Waals surface area (Å²) in [6, 6.07) is 7.19. The number of rotatable bonds is 3. The van der Waals surface area contributed by atoms with Gasteiger partial charge >= 0.3 is 0 Å². The van der Waals surface area contributed by atoms with Gasteiger partial charge in [-0.1, -0.05) is 35.3 Å². The molecule has 1 heterocycles. The topological polar surface area (TPSA) is 54.9 Å². The zero-order valence-corrected chi connectivity index (χ0v) is 11.0. The summed E-state index contributed by atoms with van der Waals surface area (Å²) in [6.45, 7) is 1.82. The van der Waals surface area contributed by atoms with E-state index in [0.29, 0.717) is 22.8 Å². The molecule has 0 unspecified atom stereocenters. The van der Waals surface area contributed by atoms with Gasteiger partial charge in [0.15, 0.2) is 5.15 Å². The lowest BCUT2D eigenvalue weighted by atomic mass is 10.1. The van der Waals surface area contributed by atoms with E-state index in [1.165, 1.54) is 0 Å². The van der Waals surface area contributed by atoms with Gasteiger partial charge in [-0.15, -0.1) is 10.2 Å². The molecule has 0 saturated carbocycles. The van der Waals surface area contributed by atoms with Gasteiger partial charge in [0.05, 0.1) is 11.4 Å². The number of aromatic nitrogens is 2. The molecular weight excluding hydrogens is 273 g/mol. The molecule has 4 nitrogen and oxygen atoms in total. The average molecular weight is 282 g/mol. The van der Waals surface area contributed by atoms with Crippen molar-refractivity contribution in [2.45, 2.75) is 6.92 Å². The van der Waals surface area contributed by atoms with Gasteiger partial charge in [-0.25, -0.2) is 0 Å². The monoisotopic (exact) mass is 281 g/mol. The van der Waals surface area contributed by atoms with Crippen molar-refractivity contribution in [1.82, 2.24) is 10.2 Å². The molecule has 0 radical (unpaired) electrons. The van der Waals surface area contributed by atoms with Crippen molar-refractivity contribution >= 4 is 35.3 Å². The van der Waals surface area contributed by atoms with Crippen LogP contribution in [-0.2, 0) is 4.79 Å². The quantitative estimate of drug-likeness (QED) is 0.878. The van der Waals surface area contributed by atoms with Crippen LogP contribution in [0.4, 0.5) is 5.69 Å². The number of anilines is 1. The zero-order chi connectivity index (χ0) is 13.1. The third kappa shape index (κ3) is 2.44. The summed E-state index contributed by atoms with van der Waals surface area (Å²) in [4.78, 5) is 10.5. The van der Waals surface area contributed by atoms with Crippen molar-refractivity contribution in [2.75, 3.05) is 5.32 Å². The highest BCUT2D eigenvalue weighted by Crippen LogP contribution is 2.30. The summed E-state index contributed by atoms with van der Waals surface area (Å²) >= 11 is 11.7.